The Morgan fingerprint density at radius 2 is 1.93 bits per heavy atom. The molecule has 1 saturated heterocycles. The molecule has 1 aliphatic rings. The van der Waals surface area contributed by atoms with Gasteiger partial charge in [-0.05, 0) is 55.2 Å². The van der Waals surface area contributed by atoms with E-state index in [1.54, 1.807) is 6.20 Å². The Morgan fingerprint density at radius 3 is 2.52 bits per heavy atom. The van der Waals surface area contributed by atoms with Crippen molar-refractivity contribution in [2.45, 2.75) is 17.7 Å². The topological polar surface area (TPSA) is 88.6 Å². The summed E-state index contributed by atoms with van der Waals surface area (Å²) in [5, 5.41) is 0. The van der Waals surface area contributed by atoms with Gasteiger partial charge in [-0.3, -0.25) is 4.98 Å². The van der Waals surface area contributed by atoms with Crippen LogP contribution in [0.3, 0.4) is 0 Å². The van der Waals surface area contributed by atoms with Crippen molar-refractivity contribution >= 4 is 21.7 Å². The largest absolute Gasteiger partial charge is 0.465 e. The third-order valence-corrected chi connectivity index (χ3v) is 6.21. The van der Waals surface area contributed by atoms with Crippen molar-refractivity contribution in [1.82, 2.24) is 9.71 Å². The van der Waals surface area contributed by atoms with Gasteiger partial charge < -0.3 is 9.64 Å². The summed E-state index contributed by atoms with van der Waals surface area (Å²) in [5.74, 6) is -0.200. The van der Waals surface area contributed by atoms with Gasteiger partial charge in [0, 0.05) is 25.8 Å². The molecule has 0 atom stereocenters. The molecule has 0 bridgehead atoms. The van der Waals surface area contributed by atoms with Crippen LogP contribution >= 0.6 is 0 Å². The maximum Gasteiger partial charge on any atom is 0.337 e. The number of anilines is 1. The first-order chi connectivity index (χ1) is 13.0. The Labute approximate surface area is 159 Å². The second kappa shape index (κ2) is 8.49. The number of nitrogens with one attached hydrogen (secondary N) is 1. The number of carbonyl (C=O) groups is 1. The van der Waals surface area contributed by atoms with Gasteiger partial charge in [0.2, 0.25) is 10.0 Å². The number of benzene rings is 1. The molecule has 0 amide bonds. The predicted octanol–water partition coefficient (Wildman–Crippen LogP) is 2.06. The van der Waals surface area contributed by atoms with E-state index in [4.69, 9.17) is 0 Å². The third-order valence-electron chi connectivity index (χ3n) is 4.77. The molecule has 2 aromatic rings. The molecule has 2 heterocycles. The molecule has 27 heavy (non-hydrogen) atoms. The van der Waals surface area contributed by atoms with Crippen molar-refractivity contribution < 1.29 is 17.9 Å². The van der Waals surface area contributed by atoms with E-state index in [0.717, 1.165) is 31.6 Å². The van der Waals surface area contributed by atoms with E-state index in [1.807, 2.05) is 18.3 Å². The van der Waals surface area contributed by atoms with E-state index in [-0.39, 0.29) is 4.90 Å². The number of ether oxygens (including phenoxy) is 1. The van der Waals surface area contributed by atoms with Gasteiger partial charge >= 0.3 is 5.97 Å². The highest BCUT2D eigenvalue weighted by Gasteiger charge is 2.22. The number of piperidine rings is 1. The zero-order valence-corrected chi connectivity index (χ0v) is 16.0. The van der Waals surface area contributed by atoms with Crippen molar-refractivity contribution in [3.8, 4) is 0 Å². The molecule has 1 fully saturated rings. The molecule has 1 aromatic heterocycles. The van der Waals surface area contributed by atoms with Gasteiger partial charge in [-0.25, -0.2) is 17.9 Å². The summed E-state index contributed by atoms with van der Waals surface area (Å²) in [6.07, 6.45) is 5.43. The molecular formula is C19H23N3O4S. The second-order valence-electron chi connectivity index (χ2n) is 6.51. The van der Waals surface area contributed by atoms with Crippen LogP contribution in [0.4, 0.5) is 5.69 Å². The number of hydrogen-bond donors (Lipinski definition) is 1. The van der Waals surface area contributed by atoms with Crippen LogP contribution in [0.5, 0.6) is 0 Å². The molecule has 0 unspecified atom stereocenters. The SMILES string of the molecule is COC(=O)c1ccc(S(=O)(=O)NCC2CCN(c3cccnc3)CC2)cc1. The zero-order valence-electron chi connectivity index (χ0n) is 15.2. The van der Waals surface area contributed by atoms with Crippen LogP contribution in [0.25, 0.3) is 0 Å². The molecule has 8 heteroatoms. The molecule has 1 aromatic carbocycles. The van der Waals surface area contributed by atoms with Crippen molar-refractivity contribution in [1.29, 1.82) is 0 Å². The Balaban J connectivity index is 1.53. The van der Waals surface area contributed by atoms with Crippen LogP contribution in [0, 0.1) is 5.92 Å². The zero-order chi connectivity index (χ0) is 19.3. The Morgan fingerprint density at radius 1 is 1.22 bits per heavy atom. The van der Waals surface area contributed by atoms with Crippen LogP contribution in [-0.4, -0.2) is 46.1 Å². The molecule has 3 rings (SSSR count). The standard InChI is InChI=1S/C19H23N3O4S/c1-26-19(23)16-4-6-18(7-5-16)27(24,25)21-13-15-8-11-22(12-9-15)17-3-2-10-20-14-17/h2-7,10,14-15,21H,8-9,11-13H2,1H3. The summed E-state index contributed by atoms with van der Waals surface area (Å²) in [6, 6.07) is 9.69. The van der Waals surface area contributed by atoms with Gasteiger partial charge in [0.15, 0.2) is 0 Å². The van der Waals surface area contributed by atoms with Crippen LogP contribution in [0.1, 0.15) is 23.2 Å². The Bertz CT molecular complexity index is 862. The van der Waals surface area contributed by atoms with Gasteiger partial charge in [-0.1, -0.05) is 0 Å². The third kappa shape index (κ3) is 4.84. The van der Waals surface area contributed by atoms with Gasteiger partial charge in [-0.2, -0.15) is 0 Å². The minimum atomic E-state index is -3.60. The number of sulfonamides is 1. The van der Waals surface area contributed by atoms with Crippen LogP contribution in [0.2, 0.25) is 0 Å². The second-order valence-corrected chi connectivity index (χ2v) is 8.28. The normalized spacial score (nSPS) is 15.5. The lowest BCUT2D eigenvalue weighted by Crippen LogP contribution is -2.38. The van der Waals surface area contributed by atoms with E-state index in [0.29, 0.717) is 18.0 Å². The molecule has 0 radical (unpaired) electrons. The number of aromatic nitrogens is 1. The fourth-order valence-electron chi connectivity index (χ4n) is 3.14. The quantitative estimate of drug-likeness (QED) is 0.761. The number of rotatable bonds is 6. The van der Waals surface area contributed by atoms with Gasteiger partial charge in [0.05, 0.1) is 29.5 Å². The highest BCUT2D eigenvalue weighted by molar-refractivity contribution is 7.89. The average molecular weight is 389 g/mol. The Hall–Kier alpha value is -2.45. The summed E-state index contributed by atoms with van der Waals surface area (Å²) in [7, 11) is -2.31. The van der Waals surface area contributed by atoms with E-state index in [9.17, 15) is 13.2 Å². The first kappa shape index (κ1) is 19.3. The average Bonchev–Trinajstić information content (AvgIpc) is 2.73. The highest BCUT2D eigenvalue weighted by Crippen LogP contribution is 2.22. The lowest BCUT2D eigenvalue weighted by molar-refractivity contribution is 0.0600. The number of nitrogens with zero attached hydrogens (tertiary/aromatic N) is 2. The summed E-state index contributed by atoms with van der Waals surface area (Å²) in [6.45, 7) is 2.17. The van der Waals surface area contributed by atoms with Gasteiger partial charge in [0.1, 0.15) is 0 Å². The molecule has 0 spiro atoms. The molecule has 1 aliphatic heterocycles. The van der Waals surface area contributed by atoms with Crippen LogP contribution in [-0.2, 0) is 14.8 Å². The van der Waals surface area contributed by atoms with E-state index < -0.39 is 16.0 Å². The van der Waals surface area contributed by atoms with E-state index in [1.165, 1.54) is 31.4 Å². The van der Waals surface area contributed by atoms with Gasteiger partial charge in [0.25, 0.3) is 0 Å². The number of carbonyl (C=O) groups excluding carboxylic acids is 1. The number of pyridine rings is 1. The predicted molar refractivity (Wildman–Crippen MR) is 102 cm³/mol. The maximum absolute atomic E-state index is 12.5. The summed E-state index contributed by atoms with van der Waals surface area (Å²) in [4.78, 5) is 18.0. The monoisotopic (exact) mass is 389 g/mol. The molecule has 0 saturated carbocycles. The lowest BCUT2D eigenvalue weighted by Gasteiger charge is -2.33. The number of methoxy groups -OCH3 is 1. The summed E-state index contributed by atoms with van der Waals surface area (Å²) < 4.78 is 32.2. The lowest BCUT2D eigenvalue weighted by atomic mass is 9.97. The number of hydrogen-bond acceptors (Lipinski definition) is 6. The van der Waals surface area contributed by atoms with E-state index >= 15 is 0 Å². The fourth-order valence-corrected chi connectivity index (χ4v) is 4.25. The summed E-state index contributed by atoms with van der Waals surface area (Å²) >= 11 is 0. The highest BCUT2D eigenvalue weighted by atomic mass is 32.2. The van der Waals surface area contributed by atoms with Crippen LogP contribution in [0.15, 0.2) is 53.7 Å². The Kier molecular flexibility index (Phi) is 6.08. The van der Waals surface area contributed by atoms with Crippen molar-refractivity contribution in [3.63, 3.8) is 0 Å². The first-order valence-electron chi connectivity index (χ1n) is 8.82. The number of esters is 1. The fraction of sp³-hybridized carbons (Fsp3) is 0.368. The van der Waals surface area contributed by atoms with E-state index in [2.05, 4.69) is 19.3 Å². The maximum atomic E-state index is 12.5. The molecule has 7 nitrogen and oxygen atoms in total. The molecule has 1 N–H and O–H groups in total. The molecule has 0 aliphatic carbocycles. The van der Waals surface area contributed by atoms with Crippen molar-refractivity contribution in [2.24, 2.45) is 5.92 Å². The molecular weight excluding hydrogens is 366 g/mol. The first-order valence-corrected chi connectivity index (χ1v) is 10.3. The van der Waals surface area contributed by atoms with Crippen LogP contribution < -0.4 is 9.62 Å². The minimum Gasteiger partial charge on any atom is -0.465 e. The van der Waals surface area contributed by atoms with Gasteiger partial charge in [-0.15, -0.1) is 0 Å². The smallest absolute Gasteiger partial charge is 0.337 e. The molecule has 144 valence electrons. The van der Waals surface area contributed by atoms with Crippen molar-refractivity contribution in [2.75, 3.05) is 31.6 Å². The summed E-state index contributed by atoms with van der Waals surface area (Å²) in [5.41, 5.74) is 1.42. The minimum absolute atomic E-state index is 0.142. The van der Waals surface area contributed by atoms with Crippen molar-refractivity contribution in [3.05, 3.63) is 54.4 Å².